The molecule has 0 aliphatic rings. The molecule has 0 saturated heterocycles. The Hall–Kier alpha value is -0.680. The van der Waals surface area contributed by atoms with E-state index >= 15 is 0 Å². The first kappa shape index (κ1) is 11.4. The number of aromatic amines is 1. The number of H-pyrrole nitrogens is 1. The monoisotopic (exact) mass is 215 g/mol. The van der Waals surface area contributed by atoms with Crippen molar-refractivity contribution in [1.82, 2.24) is 14.8 Å². The summed E-state index contributed by atoms with van der Waals surface area (Å²) in [6.07, 6.45) is 0.985. The lowest BCUT2D eigenvalue weighted by molar-refractivity contribution is 0.250. The zero-order valence-electron chi connectivity index (χ0n) is 8.82. The molecule has 0 aliphatic carbocycles. The summed E-state index contributed by atoms with van der Waals surface area (Å²) in [5.41, 5.74) is 0. The average molecular weight is 215 g/mol. The molecule has 1 aromatic rings. The van der Waals surface area contributed by atoms with Crippen LogP contribution in [0, 0.1) is 10.7 Å². The van der Waals surface area contributed by atoms with Crippen molar-refractivity contribution in [2.45, 2.75) is 39.8 Å². The first-order valence-corrected chi connectivity index (χ1v) is 5.29. The Kier molecular flexibility index (Phi) is 3.83. The van der Waals surface area contributed by atoms with E-state index in [9.17, 15) is 0 Å². The van der Waals surface area contributed by atoms with Gasteiger partial charge in [-0.1, -0.05) is 20.8 Å². The Bertz CT molecular complexity index is 342. The summed E-state index contributed by atoms with van der Waals surface area (Å²) in [7, 11) is 0. The number of aliphatic hydroxyl groups excluding tert-OH is 1. The molecule has 0 aliphatic heterocycles. The van der Waals surface area contributed by atoms with Crippen molar-refractivity contribution >= 4 is 12.2 Å². The Labute approximate surface area is 89.0 Å². The van der Waals surface area contributed by atoms with E-state index in [1.165, 1.54) is 0 Å². The molecule has 0 aromatic carbocycles. The second-order valence-corrected chi connectivity index (χ2v) is 4.08. The van der Waals surface area contributed by atoms with Crippen LogP contribution in [0.3, 0.4) is 0 Å². The molecule has 0 bridgehead atoms. The van der Waals surface area contributed by atoms with E-state index in [0.29, 0.717) is 22.6 Å². The highest BCUT2D eigenvalue weighted by Crippen LogP contribution is 2.22. The summed E-state index contributed by atoms with van der Waals surface area (Å²) < 4.78 is 2.51. The fraction of sp³-hybridized carbons (Fsp3) is 0.778. The number of aromatic nitrogens is 3. The lowest BCUT2D eigenvalue weighted by atomic mass is 10.0. The summed E-state index contributed by atoms with van der Waals surface area (Å²) in [5, 5.41) is 15.8. The highest BCUT2D eigenvalue weighted by atomic mass is 32.1. The summed E-state index contributed by atoms with van der Waals surface area (Å²) in [4.78, 5) is 0. The van der Waals surface area contributed by atoms with Gasteiger partial charge in [0, 0.05) is 6.04 Å². The van der Waals surface area contributed by atoms with Gasteiger partial charge in [0.15, 0.2) is 10.6 Å². The predicted molar refractivity (Wildman–Crippen MR) is 57.5 cm³/mol. The fourth-order valence-electron chi connectivity index (χ4n) is 1.74. The van der Waals surface area contributed by atoms with Crippen LogP contribution in [0.15, 0.2) is 0 Å². The SMILES string of the molecule is CCC(C(C)C)n1c(CO)n[nH]c1=S. The van der Waals surface area contributed by atoms with Crippen LogP contribution >= 0.6 is 12.2 Å². The van der Waals surface area contributed by atoms with Gasteiger partial charge in [0.05, 0.1) is 0 Å². The zero-order chi connectivity index (χ0) is 10.7. The molecule has 1 unspecified atom stereocenters. The lowest BCUT2D eigenvalue weighted by Crippen LogP contribution is -2.17. The standard InChI is InChI=1S/C9H17N3OS/c1-4-7(6(2)3)12-8(5-13)10-11-9(12)14/h6-7,13H,4-5H2,1-3H3,(H,11,14). The Morgan fingerprint density at radius 3 is 2.64 bits per heavy atom. The van der Waals surface area contributed by atoms with Gasteiger partial charge in [-0.2, -0.15) is 5.10 Å². The molecule has 1 rings (SSSR count). The minimum absolute atomic E-state index is 0.0731. The van der Waals surface area contributed by atoms with Crippen LogP contribution in [0.1, 0.15) is 39.1 Å². The molecular weight excluding hydrogens is 198 g/mol. The molecule has 0 radical (unpaired) electrons. The number of nitrogens with one attached hydrogen (secondary N) is 1. The van der Waals surface area contributed by atoms with Gasteiger partial charge >= 0.3 is 0 Å². The molecule has 1 heterocycles. The van der Waals surface area contributed by atoms with Crippen LogP contribution in [0.25, 0.3) is 0 Å². The molecule has 0 saturated carbocycles. The highest BCUT2D eigenvalue weighted by Gasteiger charge is 2.17. The van der Waals surface area contributed by atoms with Gasteiger partial charge in [-0.25, -0.2) is 0 Å². The van der Waals surface area contributed by atoms with E-state index in [4.69, 9.17) is 17.3 Å². The van der Waals surface area contributed by atoms with E-state index in [0.717, 1.165) is 6.42 Å². The van der Waals surface area contributed by atoms with Crippen molar-refractivity contribution in [2.24, 2.45) is 5.92 Å². The number of hydrogen-bond donors (Lipinski definition) is 2. The Balaban J connectivity index is 3.14. The molecule has 1 aromatic heterocycles. The van der Waals surface area contributed by atoms with Gasteiger partial charge in [0.1, 0.15) is 6.61 Å². The van der Waals surface area contributed by atoms with Gasteiger partial charge in [-0.3, -0.25) is 9.67 Å². The molecule has 0 fully saturated rings. The normalized spacial score (nSPS) is 13.5. The first-order valence-electron chi connectivity index (χ1n) is 4.88. The molecular formula is C9H17N3OS. The Morgan fingerprint density at radius 1 is 1.57 bits per heavy atom. The van der Waals surface area contributed by atoms with E-state index in [1.807, 2.05) is 4.57 Å². The lowest BCUT2D eigenvalue weighted by Gasteiger charge is -2.21. The molecule has 4 nitrogen and oxygen atoms in total. The van der Waals surface area contributed by atoms with Crippen molar-refractivity contribution in [3.8, 4) is 0 Å². The van der Waals surface area contributed by atoms with Gasteiger partial charge in [-0.05, 0) is 24.6 Å². The summed E-state index contributed by atoms with van der Waals surface area (Å²) in [5.74, 6) is 1.10. The summed E-state index contributed by atoms with van der Waals surface area (Å²) >= 11 is 5.13. The third kappa shape index (κ3) is 2.04. The topological polar surface area (TPSA) is 53.8 Å². The minimum Gasteiger partial charge on any atom is -0.388 e. The van der Waals surface area contributed by atoms with Crippen molar-refractivity contribution < 1.29 is 5.11 Å². The van der Waals surface area contributed by atoms with Crippen LogP contribution in [-0.4, -0.2) is 19.9 Å². The van der Waals surface area contributed by atoms with Crippen LogP contribution in [-0.2, 0) is 6.61 Å². The fourth-order valence-corrected chi connectivity index (χ4v) is 2.03. The van der Waals surface area contributed by atoms with Gasteiger partial charge < -0.3 is 5.11 Å². The highest BCUT2D eigenvalue weighted by molar-refractivity contribution is 7.71. The van der Waals surface area contributed by atoms with Crippen LogP contribution in [0.2, 0.25) is 0 Å². The van der Waals surface area contributed by atoms with Crippen molar-refractivity contribution in [2.75, 3.05) is 0 Å². The summed E-state index contributed by atoms with van der Waals surface area (Å²) in [6.45, 7) is 6.32. The number of rotatable bonds is 4. The van der Waals surface area contributed by atoms with Gasteiger partial charge in [0.2, 0.25) is 0 Å². The van der Waals surface area contributed by atoms with Crippen molar-refractivity contribution in [1.29, 1.82) is 0 Å². The van der Waals surface area contributed by atoms with Crippen molar-refractivity contribution in [3.63, 3.8) is 0 Å². The van der Waals surface area contributed by atoms with Crippen LogP contribution < -0.4 is 0 Å². The maximum Gasteiger partial charge on any atom is 0.195 e. The zero-order valence-corrected chi connectivity index (χ0v) is 9.64. The first-order chi connectivity index (χ1) is 6.61. The molecule has 0 amide bonds. The maximum atomic E-state index is 9.11. The van der Waals surface area contributed by atoms with E-state index in [1.54, 1.807) is 0 Å². The molecule has 80 valence electrons. The minimum atomic E-state index is -0.0731. The third-order valence-electron chi connectivity index (χ3n) is 2.44. The van der Waals surface area contributed by atoms with E-state index in [2.05, 4.69) is 31.0 Å². The smallest absolute Gasteiger partial charge is 0.195 e. The number of hydrogen-bond acceptors (Lipinski definition) is 3. The molecule has 5 heteroatoms. The van der Waals surface area contributed by atoms with Gasteiger partial charge in [-0.15, -0.1) is 0 Å². The Morgan fingerprint density at radius 2 is 2.21 bits per heavy atom. The quantitative estimate of drug-likeness (QED) is 0.756. The molecule has 0 spiro atoms. The third-order valence-corrected chi connectivity index (χ3v) is 2.73. The average Bonchev–Trinajstić information content (AvgIpc) is 2.49. The number of aliphatic hydroxyl groups is 1. The molecule has 2 N–H and O–H groups in total. The molecule has 14 heavy (non-hydrogen) atoms. The summed E-state index contributed by atoms with van der Waals surface area (Å²) in [6, 6.07) is 0.309. The van der Waals surface area contributed by atoms with Gasteiger partial charge in [0.25, 0.3) is 0 Å². The number of nitrogens with zero attached hydrogens (tertiary/aromatic N) is 2. The maximum absolute atomic E-state index is 9.11. The second-order valence-electron chi connectivity index (χ2n) is 3.69. The second kappa shape index (κ2) is 4.70. The largest absolute Gasteiger partial charge is 0.388 e. The van der Waals surface area contributed by atoms with Crippen LogP contribution in [0.4, 0.5) is 0 Å². The van der Waals surface area contributed by atoms with E-state index < -0.39 is 0 Å². The predicted octanol–water partition coefficient (Wildman–Crippen LogP) is 2.04. The van der Waals surface area contributed by atoms with Crippen molar-refractivity contribution in [3.05, 3.63) is 10.6 Å². The van der Waals surface area contributed by atoms with Crippen LogP contribution in [0.5, 0.6) is 0 Å². The molecule has 1 atom stereocenters. The van der Waals surface area contributed by atoms with E-state index in [-0.39, 0.29) is 6.61 Å².